The molecule has 5 heteroatoms. The van der Waals surface area contributed by atoms with Gasteiger partial charge in [0.2, 0.25) is 0 Å². The summed E-state index contributed by atoms with van der Waals surface area (Å²) in [5.41, 5.74) is -3.55. The number of halogens is 4. The highest BCUT2D eigenvalue weighted by molar-refractivity contribution is 9.59. The molecule has 1 atom stereocenters. The molecule has 1 aromatic rings. The van der Waals surface area contributed by atoms with Crippen LogP contribution in [0.5, 0.6) is 0 Å². The van der Waals surface area contributed by atoms with Crippen LogP contribution in [0.2, 0.25) is 0 Å². The Morgan fingerprint density at radius 1 is 1.25 bits per heavy atom. The van der Waals surface area contributed by atoms with Gasteiger partial charge in [-0.2, -0.15) is 13.2 Å². The molecule has 0 aromatic heterocycles. The summed E-state index contributed by atoms with van der Waals surface area (Å²) in [4.78, 5) is 0.820. The number of hydrogen-bond donors (Lipinski definition) is 0. The van der Waals surface area contributed by atoms with Crippen LogP contribution in [0.15, 0.2) is 34.1 Å². The highest BCUT2D eigenvalue weighted by Crippen LogP contribution is 2.81. The Bertz CT molecular complexity index is 453. The van der Waals surface area contributed by atoms with E-state index in [0.717, 1.165) is 0 Å². The first-order valence-electron chi connectivity index (χ1n) is 4.80. The van der Waals surface area contributed by atoms with Crippen LogP contribution in [-0.4, -0.2) is 5.51 Å². The van der Waals surface area contributed by atoms with Crippen LogP contribution in [0.25, 0.3) is 6.08 Å². The zero-order valence-electron chi connectivity index (χ0n) is 8.51. The molecule has 0 fully saturated rings. The number of benzene rings is 1. The quantitative estimate of drug-likeness (QED) is 0.647. The van der Waals surface area contributed by atoms with E-state index in [1.54, 1.807) is 37.3 Å². The van der Waals surface area contributed by atoms with E-state index >= 15 is 0 Å². The number of allylic oxidation sites excluding steroid dienone is 1. The Balaban J connectivity index is 2.65. The summed E-state index contributed by atoms with van der Waals surface area (Å²) in [6, 6.07) is 6.70. The van der Waals surface area contributed by atoms with Gasteiger partial charge in [-0.25, -0.2) is 0 Å². The Hall–Kier alpha value is -0.420. The molecule has 0 bridgehead atoms. The molecular weight excluding hydrogens is 301 g/mol. The van der Waals surface area contributed by atoms with Gasteiger partial charge in [0.1, 0.15) is 0 Å². The molecular formula is C11H10BrF3S. The molecule has 1 aliphatic rings. The molecule has 16 heavy (non-hydrogen) atoms. The Morgan fingerprint density at radius 3 is 2.44 bits per heavy atom. The van der Waals surface area contributed by atoms with Gasteiger partial charge in [0.15, 0.2) is 0 Å². The molecule has 0 nitrogen and oxygen atoms in total. The fraction of sp³-hybridized carbons (Fsp3) is 0.273. The van der Waals surface area contributed by atoms with E-state index in [9.17, 15) is 13.2 Å². The maximum Gasteiger partial charge on any atom is 0.442 e. The lowest BCUT2D eigenvalue weighted by Gasteiger charge is -2.34. The number of rotatable bonds is 1. The smallest absolute Gasteiger partial charge is 0.160 e. The first-order chi connectivity index (χ1) is 7.41. The second kappa shape index (κ2) is 3.81. The summed E-state index contributed by atoms with van der Waals surface area (Å²) in [5.74, 6) is 0. The monoisotopic (exact) mass is 310 g/mol. The van der Waals surface area contributed by atoms with Crippen LogP contribution in [0, 0.1) is 0 Å². The normalized spacial score (nSPS) is 28.2. The van der Waals surface area contributed by atoms with Crippen LogP contribution in [-0.2, 0) is 0 Å². The maximum atomic E-state index is 13.2. The lowest BCUT2D eigenvalue weighted by atomic mass is 10.2. The minimum atomic E-state index is -4.23. The minimum Gasteiger partial charge on any atom is -0.160 e. The molecule has 0 amide bonds. The zero-order chi connectivity index (χ0) is 12.0. The van der Waals surface area contributed by atoms with Crippen LogP contribution >= 0.6 is 23.3 Å². The van der Waals surface area contributed by atoms with Gasteiger partial charge >= 0.3 is 5.51 Å². The fourth-order valence-corrected chi connectivity index (χ4v) is 5.91. The molecule has 88 valence electrons. The summed E-state index contributed by atoms with van der Waals surface area (Å²) >= 11 is 2.98. The predicted molar refractivity (Wildman–Crippen MR) is 65.5 cm³/mol. The largest absolute Gasteiger partial charge is 0.442 e. The van der Waals surface area contributed by atoms with E-state index in [2.05, 4.69) is 14.8 Å². The molecule has 1 aromatic carbocycles. The van der Waals surface area contributed by atoms with E-state index in [1.165, 1.54) is 0 Å². The zero-order valence-corrected chi connectivity index (χ0v) is 10.9. The summed E-state index contributed by atoms with van der Waals surface area (Å²) < 4.78 is 39.6. The average Bonchev–Trinajstić information content (AvgIpc) is 2.53. The van der Waals surface area contributed by atoms with Gasteiger partial charge in [-0.05, 0) is 52.3 Å². The molecule has 1 unspecified atom stereocenters. The molecule has 0 saturated heterocycles. The van der Waals surface area contributed by atoms with Crippen molar-refractivity contribution in [3.05, 3.63) is 34.7 Å². The number of fused-ring (bicyclic) bond motifs is 1. The van der Waals surface area contributed by atoms with Crippen molar-refractivity contribution in [2.24, 2.45) is 0 Å². The molecule has 0 spiro atoms. The second-order valence-electron chi connectivity index (χ2n) is 3.49. The highest BCUT2D eigenvalue weighted by Gasteiger charge is 2.54. The van der Waals surface area contributed by atoms with E-state index < -0.39 is 14.0 Å². The van der Waals surface area contributed by atoms with Gasteiger partial charge in [-0.1, -0.05) is 25.1 Å². The average molecular weight is 311 g/mol. The van der Waals surface area contributed by atoms with Crippen molar-refractivity contribution in [3.8, 4) is 0 Å². The van der Waals surface area contributed by atoms with Gasteiger partial charge in [-0.3, -0.25) is 0 Å². The van der Waals surface area contributed by atoms with Crippen LogP contribution in [0.1, 0.15) is 18.9 Å². The van der Waals surface area contributed by atoms with Crippen LogP contribution in [0.3, 0.4) is 0 Å². The molecule has 2 rings (SSSR count). The maximum absolute atomic E-state index is 13.2. The van der Waals surface area contributed by atoms with Crippen LogP contribution < -0.4 is 0 Å². The van der Waals surface area contributed by atoms with Crippen LogP contribution in [0.4, 0.5) is 13.2 Å². The van der Waals surface area contributed by atoms with Crippen molar-refractivity contribution >= 4 is 29.4 Å². The van der Waals surface area contributed by atoms with Gasteiger partial charge in [0.25, 0.3) is 0 Å². The molecule has 0 radical (unpaired) electrons. The summed E-state index contributed by atoms with van der Waals surface area (Å²) in [7, 11) is -3.00. The van der Waals surface area contributed by atoms with Gasteiger partial charge in [0, 0.05) is 4.90 Å². The van der Waals surface area contributed by atoms with E-state index in [0.29, 0.717) is 21.8 Å². The van der Waals surface area contributed by atoms with Crippen molar-refractivity contribution in [1.29, 1.82) is 0 Å². The molecule has 0 aliphatic carbocycles. The predicted octanol–water partition coefficient (Wildman–Crippen LogP) is 5.44. The standard InChI is InChI=1S/C11H10BrF3S/c1-2-9-7-8-5-3-4-6-10(8)16(9,12)11(13,14)15/h3-7H,2H2,1H3. The van der Waals surface area contributed by atoms with Gasteiger partial charge in [-0.15, -0.1) is 0 Å². The molecule has 1 heterocycles. The molecule has 1 aliphatic heterocycles. The molecule has 0 N–H and O–H groups in total. The number of hydrogen-bond acceptors (Lipinski definition) is 0. The Morgan fingerprint density at radius 2 is 1.88 bits per heavy atom. The second-order valence-corrected chi connectivity index (χ2v) is 8.90. The van der Waals surface area contributed by atoms with Crippen molar-refractivity contribution in [1.82, 2.24) is 0 Å². The fourth-order valence-electron chi connectivity index (χ4n) is 1.83. The van der Waals surface area contributed by atoms with E-state index in [4.69, 9.17) is 0 Å². The van der Waals surface area contributed by atoms with Crippen molar-refractivity contribution in [2.45, 2.75) is 23.7 Å². The van der Waals surface area contributed by atoms with E-state index in [1.807, 2.05) is 0 Å². The third-order valence-corrected chi connectivity index (χ3v) is 8.71. The first kappa shape index (κ1) is 12.0. The third kappa shape index (κ3) is 1.52. The van der Waals surface area contributed by atoms with Crippen molar-refractivity contribution in [2.75, 3.05) is 0 Å². The Labute approximate surface area is 101 Å². The van der Waals surface area contributed by atoms with Gasteiger partial charge < -0.3 is 0 Å². The first-order valence-corrected chi connectivity index (χ1v) is 8.27. The SMILES string of the molecule is CCC1=Cc2ccccc2S1(Br)C(F)(F)F. The lowest BCUT2D eigenvalue weighted by Crippen LogP contribution is -2.15. The van der Waals surface area contributed by atoms with Crippen molar-refractivity contribution < 1.29 is 13.2 Å². The van der Waals surface area contributed by atoms with Gasteiger partial charge in [0.05, 0.1) is 0 Å². The Kier molecular flexibility index (Phi) is 2.87. The molecule has 0 saturated carbocycles. The summed E-state index contributed by atoms with van der Waals surface area (Å²) in [6.45, 7) is 1.76. The third-order valence-electron chi connectivity index (χ3n) is 2.57. The topological polar surface area (TPSA) is 0 Å². The lowest BCUT2D eigenvalue weighted by molar-refractivity contribution is -0.0355. The minimum absolute atomic E-state index is 0.374. The number of alkyl halides is 3. The highest BCUT2D eigenvalue weighted by atomic mass is 79.9. The summed E-state index contributed by atoms with van der Waals surface area (Å²) in [6.07, 6.45) is 2.07. The van der Waals surface area contributed by atoms with Crippen molar-refractivity contribution in [3.63, 3.8) is 0 Å². The van der Waals surface area contributed by atoms with E-state index in [-0.39, 0.29) is 0 Å². The summed E-state index contributed by atoms with van der Waals surface area (Å²) in [5, 5.41) is 0.